The largest absolute Gasteiger partial charge is 0.492 e. The molecule has 2 rings (SSSR count). The smallest absolute Gasteiger partial charge is 0.246 e. The Hall–Kier alpha value is -1.59. The van der Waals surface area contributed by atoms with Crippen molar-refractivity contribution in [2.24, 2.45) is 5.73 Å². The summed E-state index contributed by atoms with van der Waals surface area (Å²) in [6.45, 7) is 1.67. The maximum absolute atomic E-state index is 11.9. The molecule has 0 unspecified atom stereocenters. The second-order valence-electron chi connectivity index (χ2n) is 6.34. The molecule has 5 heteroatoms. The van der Waals surface area contributed by atoms with E-state index in [-0.39, 0.29) is 18.6 Å². The monoisotopic (exact) mass is 334 g/mol. The highest BCUT2D eigenvalue weighted by molar-refractivity contribution is 5.77. The summed E-state index contributed by atoms with van der Waals surface area (Å²) in [5.74, 6) is 0.739. The Morgan fingerprint density at radius 1 is 1.08 bits per heavy atom. The van der Waals surface area contributed by atoms with Crippen LogP contribution in [-0.2, 0) is 16.1 Å². The number of amides is 1. The molecule has 0 aromatic heterocycles. The minimum absolute atomic E-state index is 0.0551. The molecule has 134 valence electrons. The van der Waals surface area contributed by atoms with Crippen LogP contribution < -0.4 is 15.8 Å². The first-order valence-corrected chi connectivity index (χ1v) is 9.08. The fourth-order valence-electron chi connectivity index (χ4n) is 2.91. The summed E-state index contributed by atoms with van der Waals surface area (Å²) >= 11 is 0. The first kappa shape index (κ1) is 18.7. The van der Waals surface area contributed by atoms with E-state index in [1.54, 1.807) is 0 Å². The molecule has 1 saturated carbocycles. The zero-order valence-corrected chi connectivity index (χ0v) is 14.5. The van der Waals surface area contributed by atoms with Crippen LogP contribution in [0.2, 0.25) is 0 Å². The molecule has 0 heterocycles. The van der Waals surface area contributed by atoms with Crippen LogP contribution in [0.5, 0.6) is 5.75 Å². The number of ether oxygens (including phenoxy) is 2. The van der Waals surface area contributed by atoms with Crippen molar-refractivity contribution in [1.29, 1.82) is 0 Å². The van der Waals surface area contributed by atoms with E-state index in [4.69, 9.17) is 15.2 Å². The molecule has 1 aliphatic rings. The minimum Gasteiger partial charge on any atom is -0.492 e. The molecule has 0 spiro atoms. The number of hydrogen-bond acceptors (Lipinski definition) is 4. The lowest BCUT2D eigenvalue weighted by Crippen LogP contribution is -2.29. The fourth-order valence-corrected chi connectivity index (χ4v) is 2.91. The van der Waals surface area contributed by atoms with Gasteiger partial charge < -0.3 is 20.5 Å². The van der Waals surface area contributed by atoms with Crippen LogP contribution in [0.4, 0.5) is 0 Å². The molecule has 0 saturated heterocycles. The van der Waals surface area contributed by atoms with Crippen molar-refractivity contribution in [3.8, 4) is 5.75 Å². The molecule has 24 heavy (non-hydrogen) atoms. The van der Waals surface area contributed by atoms with Gasteiger partial charge >= 0.3 is 0 Å². The maximum atomic E-state index is 11.9. The molecule has 0 aliphatic heterocycles. The van der Waals surface area contributed by atoms with Gasteiger partial charge in [-0.2, -0.15) is 0 Å². The third-order valence-corrected chi connectivity index (χ3v) is 4.30. The minimum atomic E-state index is -0.0551. The second-order valence-corrected chi connectivity index (χ2v) is 6.34. The summed E-state index contributed by atoms with van der Waals surface area (Å²) in [5.41, 5.74) is 6.44. The Labute approximate surface area is 144 Å². The molecular formula is C19H30N2O3. The Bertz CT molecular complexity index is 468. The summed E-state index contributed by atoms with van der Waals surface area (Å²) < 4.78 is 11.2. The molecule has 3 N–H and O–H groups in total. The van der Waals surface area contributed by atoms with Gasteiger partial charge in [-0.15, -0.1) is 0 Å². The third kappa shape index (κ3) is 7.32. The van der Waals surface area contributed by atoms with Crippen molar-refractivity contribution in [3.05, 3.63) is 29.8 Å². The lowest BCUT2D eigenvalue weighted by molar-refractivity contribution is -0.128. The quantitative estimate of drug-likeness (QED) is 0.767. The Kier molecular flexibility index (Phi) is 8.63. The average molecular weight is 334 g/mol. The summed E-state index contributed by atoms with van der Waals surface area (Å²) in [6.07, 6.45) is 8.75. The number of nitrogens with one attached hydrogen (secondary N) is 1. The first-order chi connectivity index (χ1) is 11.8. The standard InChI is InChI=1S/C19H30N2O3/c20-12-13-23-18-10-8-16(9-11-18)14-21-19(22)15-24-17-6-4-2-1-3-5-7-17/h8-11,17H,1-7,12-15,20H2,(H,21,22). The van der Waals surface area contributed by atoms with Gasteiger partial charge in [0.2, 0.25) is 5.91 Å². The predicted octanol–water partition coefficient (Wildman–Crippen LogP) is 2.77. The van der Waals surface area contributed by atoms with Crippen LogP contribution in [-0.4, -0.2) is 31.8 Å². The second kappa shape index (κ2) is 11.0. The number of carbonyl (C=O) groups is 1. The topological polar surface area (TPSA) is 73.6 Å². The van der Waals surface area contributed by atoms with E-state index in [1.807, 2.05) is 24.3 Å². The van der Waals surface area contributed by atoms with Crippen molar-refractivity contribution < 1.29 is 14.3 Å². The van der Waals surface area contributed by atoms with E-state index in [0.717, 1.165) is 24.2 Å². The van der Waals surface area contributed by atoms with Crippen molar-refractivity contribution in [3.63, 3.8) is 0 Å². The molecule has 1 aromatic rings. The van der Waals surface area contributed by atoms with Crippen LogP contribution in [0.3, 0.4) is 0 Å². The van der Waals surface area contributed by atoms with Gasteiger partial charge in [0.15, 0.2) is 0 Å². The van der Waals surface area contributed by atoms with Gasteiger partial charge in [-0.3, -0.25) is 4.79 Å². The van der Waals surface area contributed by atoms with E-state index in [9.17, 15) is 4.79 Å². The molecule has 1 amide bonds. The van der Waals surface area contributed by atoms with E-state index >= 15 is 0 Å². The van der Waals surface area contributed by atoms with E-state index in [1.165, 1.54) is 32.1 Å². The van der Waals surface area contributed by atoms with Gasteiger partial charge in [0.25, 0.3) is 0 Å². The molecule has 0 bridgehead atoms. The Morgan fingerprint density at radius 2 is 1.75 bits per heavy atom. The SMILES string of the molecule is NCCOc1ccc(CNC(=O)COC2CCCCCCC2)cc1. The molecule has 0 radical (unpaired) electrons. The highest BCUT2D eigenvalue weighted by atomic mass is 16.5. The lowest BCUT2D eigenvalue weighted by atomic mass is 9.99. The summed E-state index contributed by atoms with van der Waals surface area (Å²) in [4.78, 5) is 11.9. The average Bonchev–Trinajstić information content (AvgIpc) is 2.58. The Balaban J connectivity index is 1.65. The maximum Gasteiger partial charge on any atom is 0.246 e. The molecule has 0 atom stereocenters. The number of carbonyl (C=O) groups excluding carboxylic acids is 1. The van der Waals surface area contributed by atoms with Crippen molar-refractivity contribution in [1.82, 2.24) is 5.32 Å². The van der Waals surface area contributed by atoms with Crippen LogP contribution in [0, 0.1) is 0 Å². The predicted molar refractivity (Wildman–Crippen MR) is 94.9 cm³/mol. The van der Waals surface area contributed by atoms with Crippen molar-refractivity contribution >= 4 is 5.91 Å². The number of rotatable bonds is 8. The third-order valence-electron chi connectivity index (χ3n) is 4.30. The number of benzene rings is 1. The van der Waals surface area contributed by atoms with E-state index in [2.05, 4.69) is 5.32 Å². The summed E-state index contributed by atoms with van der Waals surface area (Å²) in [6, 6.07) is 7.67. The zero-order chi connectivity index (χ0) is 17.0. The van der Waals surface area contributed by atoms with Crippen molar-refractivity contribution in [2.75, 3.05) is 19.8 Å². The fraction of sp³-hybridized carbons (Fsp3) is 0.632. The highest BCUT2D eigenvalue weighted by Gasteiger charge is 2.13. The van der Waals surface area contributed by atoms with Crippen LogP contribution in [0.25, 0.3) is 0 Å². The summed E-state index contributed by atoms with van der Waals surface area (Å²) in [5, 5.41) is 2.90. The van der Waals surface area contributed by atoms with Gasteiger partial charge in [0.05, 0.1) is 6.10 Å². The molecule has 1 fully saturated rings. The lowest BCUT2D eigenvalue weighted by Gasteiger charge is -2.20. The van der Waals surface area contributed by atoms with Crippen LogP contribution >= 0.6 is 0 Å². The zero-order valence-electron chi connectivity index (χ0n) is 14.5. The van der Waals surface area contributed by atoms with Gasteiger partial charge in [-0.25, -0.2) is 0 Å². The normalized spacial score (nSPS) is 16.2. The number of hydrogen-bond donors (Lipinski definition) is 2. The number of nitrogens with two attached hydrogens (primary N) is 1. The van der Waals surface area contributed by atoms with Crippen LogP contribution in [0.1, 0.15) is 50.5 Å². The van der Waals surface area contributed by atoms with Gasteiger partial charge in [-0.1, -0.05) is 44.2 Å². The molecule has 1 aromatic carbocycles. The molecular weight excluding hydrogens is 304 g/mol. The molecule has 5 nitrogen and oxygen atoms in total. The summed E-state index contributed by atoms with van der Waals surface area (Å²) in [7, 11) is 0. The van der Waals surface area contributed by atoms with Crippen LogP contribution in [0.15, 0.2) is 24.3 Å². The highest BCUT2D eigenvalue weighted by Crippen LogP contribution is 2.19. The van der Waals surface area contributed by atoms with Gasteiger partial charge in [0, 0.05) is 13.1 Å². The van der Waals surface area contributed by atoms with Gasteiger partial charge in [-0.05, 0) is 30.5 Å². The van der Waals surface area contributed by atoms with E-state index in [0.29, 0.717) is 19.7 Å². The molecule has 1 aliphatic carbocycles. The Morgan fingerprint density at radius 3 is 2.42 bits per heavy atom. The first-order valence-electron chi connectivity index (χ1n) is 9.08. The van der Waals surface area contributed by atoms with Gasteiger partial charge in [0.1, 0.15) is 19.0 Å². The van der Waals surface area contributed by atoms with E-state index < -0.39 is 0 Å². The van der Waals surface area contributed by atoms with Crippen molar-refractivity contribution in [2.45, 2.75) is 57.6 Å².